The third-order valence-corrected chi connectivity index (χ3v) is 4.54. The van der Waals surface area contributed by atoms with Crippen molar-refractivity contribution in [2.45, 2.75) is 38.4 Å². The molecule has 7 heteroatoms. The second-order valence-corrected chi connectivity index (χ2v) is 7.14. The van der Waals surface area contributed by atoms with Gasteiger partial charge in [-0.3, -0.25) is 9.00 Å². The van der Waals surface area contributed by atoms with Gasteiger partial charge in [0, 0.05) is 34.8 Å². The number of halogens is 1. The number of amides is 1. The van der Waals surface area contributed by atoms with Crippen molar-refractivity contribution in [3.05, 3.63) is 22.7 Å². The number of carbonyl (C=O) groups excluding carboxylic acids is 1. The van der Waals surface area contributed by atoms with Crippen LogP contribution in [0.3, 0.4) is 0 Å². The van der Waals surface area contributed by atoms with Crippen LogP contribution < -0.4 is 5.32 Å². The Morgan fingerprint density at radius 1 is 1.45 bits per heavy atom. The standard InChI is InChI=1S/C13H20ClN3O2S/c1-8(2)12-16-7-10(14)11(17-12)13(18)15-6-5-9(3)20(4)19/h7-9H,5-6H2,1-4H3,(H,15,18). The van der Waals surface area contributed by atoms with Gasteiger partial charge in [-0.2, -0.15) is 0 Å². The summed E-state index contributed by atoms with van der Waals surface area (Å²) in [5.74, 6) is 0.386. The molecule has 0 saturated carbocycles. The van der Waals surface area contributed by atoms with Crippen LogP contribution in [0.4, 0.5) is 0 Å². The van der Waals surface area contributed by atoms with Crippen molar-refractivity contribution in [3.63, 3.8) is 0 Å². The van der Waals surface area contributed by atoms with E-state index in [2.05, 4.69) is 15.3 Å². The van der Waals surface area contributed by atoms with E-state index in [4.69, 9.17) is 11.6 Å². The number of nitrogens with one attached hydrogen (secondary N) is 1. The molecule has 0 aliphatic heterocycles. The predicted molar refractivity (Wildman–Crippen MR) is 81.6 cm³/mol. The molecule has 0 bridgehead atoms. The van der Waals surface area contributed by atoms with Crippen LogP contribution in [0.1, 0.15) is 49.4 Å². The number of hydrogen-bond acceptors (Lipinski definition) is 4. The lowest BCUT2D eigenvalue weighted by atomic mass is 10.2. The van der Waals surface area contributed by atoms with Gasteiger partial charge in [-0.25, -0.2) is 9.97 Å². The molecule has 1 N–H and O–H groups in total. The van der Waals surface area contributed by atoms with Crippen LogP contribution in [-0.4, -0.2) is 38.1 Å². The van der Waals surface area contributed by atoms with Gasteiger partial charge < -0.3 is 5.32 Å². The van der Waals surface area contributed by atoms with E-state index in [1.54, 1.807) is 6.26 Å². The Bertz CT molecular complexity index is 508. The molecule has 20 heavy (non-hydrogen) atoms. The number of rotatable bonds is 6. The van der Waals surface area contributed by atoms with Crippen molar-refractivity contribution in [2.24, 2.45) is 0 Å². The summed E-state index contributed by atoms with van der Waals surface area (Å²) in [4.78, 5) is 20.3. The monoisotopic (exact) mass is 317 g/mol. The summed E-state index contributed by atoms with van der Waals surface area (Å²) >= 11 is 5.95. The zero-order valence-corrected chi connectivity index (χ0v) is 13.7. The van der Waals surface area contributed by atoms with Gasteiger partial charge in [0.25, 0.3) is 5.91 Å². The van der Waals surface area contributed by atoms with Gasteiger partial charge in [0.1, 0.15) is 11.5 Å². The first-order chi connectivity index (χ1) is 9.32. The summed E-state index contributed by atoms with van der Waals surface area (Å²) in [6.45, 7) is 6.22. The average Bonchev–Trinajstić information content (AvgIpc) is 2.38. The molecule has 0 saturated heterocycles. The summed E-state index contributed by atoms with van der Waals surface area (Å²) < 4.78 is 11.2. The molecule has 0 radical (unpaired) electrons. The third-order valence-electron chi connectivity index (χ3n) is 2.90. The van der Waals surface area contributed by atoms with Crippen LogP contribution in [0.25, 0.3) is 0 Å². The molecule has 0 fully saturated rings. The largest absolute Gasteiger partial charge is 0.351 e. The molecule has 2 atom stereocenters. The minimum absolute atomic E-state index is 0.0439. The highest BCUT2D eigenvalue weighted by molar-refractivity contribution is 7.84. The first-order valence-corrected chi connectivity index (χ1v) is 8.45. The lowest BCUT2D eigenvalue weighted by Crippen LogP contribution is -2.28. The first kappa shape index (κ1) is 17.0. The molecular formula is C13H20ClN3O2S. The lowest BCUT2D eigenvalue weighted by molar-refractivity contribution is 0.0948. The maximum Gasteiger partial charge on any atom is 0.271 e. The summed E-state index contributed by atoms with van der Waals surface area (Å²) in [7, 11) is -0.887. The summed E-state index contributed by atoms with van der Waals surface area (Å²) in [6, 6.07) is 0. The van der Waals surface area contributed by atoms with E-state index >= 15 is 0 Å². The Balaban J connectivity index is 2.68. The van der Waals surface area contributed by atoms with Gasteiger partial charge in [-0.1, -0.05) is 32.4 Å². The van der Waals surface area contributed by atoms with E-state index in [0.29, 0.717) is 18.8 Å². The van der Waals surface area contributed by atoms with E-state index in [0.717, 1.165) is 0 Å². The summed E-state index contributed by atoms with van der Waals surface area (Å²) in [5.41, 5.74) is 0.190. The van der Waals surface area contributed by atoms with Crippen LogP contribution in [0.2, 0.25) is 5.02 Å². The molecule has 1 aromatic rings. The minimum Gasteiger partial charge on any atom is -0.351 e. The van der Waals surface area contributed by atoms with Gasteiger partial charge in [0.15, 0.2) is 0 Å². The third kappa shape index (κ3) is 4.83. The molecule has 1 heterocycles. The van der Waals surface area contributed by atoms with Gasteiger partial charge in [-0.15, -0.1) is 0 Å². The molecule has 1 aromatic heterocycles. The van der Waals surface area contributed by atoms with Crippen LogP contribution in [-0.2, 0) is 10.8 Å². The molecule has 1 amide bonds. The van der Waals surface area contributed by atoms with Gasteiger partial charge in [0.2, 0.25) is 0 Å². The Morgan fingerprint density at radius 2 is 2.10 bits per heavy atom. The van der Waals surface area contributed by atoms with Crippen molar-refractivity contribution in [2.75, 3.05) is 12.8 Å². The van der Waals surface area contributed by atoms with E-state index in [9.17, 15) is 9.00 Å². The maximum absolute atomic E-state index is 12.0. The van der Waals surface area contributed by atoms with Crippen molar-refractivity contribution in [1.82, 2.24) is 15.3 Å². The zero-order valence-electron chi connectivity index (χ0n) is 12.1. The molecule has 2 unspecified atom stereocenters. The number of aromatic nitrogens is 2. The molecule has 0 aromatic carbocycles. The average molecular weight is 318 g/mol. The molecule has 0 aliphatic carbocycles. The molecule has 112 valence electrons. The first-order valence-electron chi connectivity index (χ1n) is 6.45. The fraction of sp³-hybridized carbons (Fsp3) is 0.615. The normalized spacial score (nSPS) is 14.1. The van der Waals surface area contributed by atoms with Crippen molar-refractivity contribution in [3.8, 4) is 0 Å². The van der Waals surface area contributed by atoms with Crippen LogP contribution in [0.15, 0.2) is 6.20 Å². The molecule has 5 nitrogen and oxygen atoms in total. The highest BCUT2D eigenvalue weighted by Gasteiger charge is 2.15. The Kier molecular flexibility index (Phi) is 6.55. The fourth-order valence-electron chi connectivity index (χ4n) is 1.46. The van der Waals surface area contributed by atoms with Gasteiger partial charge in [0.05, 0.1) is 11.2 Å². The highest BCUT2D eigenvalue weighted by Crippen LogP contribution is 2.16. The van der Waals surface area contributed by atoms with Crippen molar-refractivity contribution < 1.29 is 9.00 Å². The van der Waals surface area contributed by atoms with E-state index in [-0.39, 0.29) is 27.8 Å². The Morgan fingerprint density at radius 3 is 2.65 bits per heavy atom. The number of nitrogens with zero attached hydrogens (tertiary/aromatic N) is 2. The molecule has 1 rings (SSSR count). The van der Waals surface area contributed by atoms with Gasteiger partial charge in [-0.05, 0) is 6.42 Å². The smallest absolute Gasteiger partial charge is 0.271 e. The zero-order chi connectivity index (χ0) is 15.3. The summed E-state index contributed by atoms with van der Waals surface area (Å²) in [6.07, 6.45) is 3.75. The quantitative estimate of drug-likeness (QED) is 0.872. The maximum atomic E-state index is 12.0. The topological polar surface area (TPSA) is 72.0 Å². The molecular weight excluding hydrogens is 298 g/mol. The second-order valence-electron chi connectivity index (χ2n) is 4.93. The van der Waals surface area contributed by atoms with Gasteiger partial charge >= 0.3 is 0 Å². The van der Waals surface area contributed by atoms with E-state index < -0.39 is 10.8 Å². The van der Waals surface area contributed by atoms with Crippen molar-refractivity contribution >= 4 is 28.3 Å². The minimum atomic E-state index is -0.887. The van der Waals surface area contributed by atoms with Crippen molar-refractivity contribution in [1.29, 1.82) is 0 Å². The van der Waals surface area contributed by atoms with Crippen LogP contribution >= 0.6 is 11.6 Å². The highest BCUT2D eigenvalue weighted by atomic mass is 35.5. The Hall–Kier alpha value is -1.01. The molecule has 0 spiro atoms. The molecule has 0 aliphatic rings. The predicted octanol–water partition coefficient (Wildman–Crippen LogP) is 2.14. The summed E-state index contributed by atoms with van der Waals surface area (Å²) in [5, 5.41) is 3.02. The van der Waals surface area contributed by atoms with Crippen LogP contribution in [0.5, 0.6) is 0 Å². The number of carbonyl (C=O) groups is 1. The number of hydrogen-bond donors (Lipinski definition) is 1. The SMILES string of the molecule is CC(C)c1ncc(Cl)c(C(=O)NCCC(C)S(C)=O)n1. The fourth-order valence-corrected chi connectivity index (χ4v) is 2.08. The van der Waals surface area contributed by atoms with E-state index in [1.165, 1.54) is 6.20 Å². The second kappa shape index (κ2) is 7.69. The van der Waals surface area contributed by atoms with Crippen LogP contribution in [0, 0.1) is 0 Å². The van der Waals surface area contributed by atoms with E-state index in [1.807, 2.05) is 20.8 Å². The Labute approximate surface area is 127 Å². The lowest BCUT2D eigenvalue weighted by Gasteiger charge is -2.11.